The molecule has 0 fully saturated rings. The van der Waals surface area contributed by atoms with Crippen LogP contribution in [0.2, 0.25) is 0 Å². The number of aryl methyl sites for hydroxylation is 2. The molecule has 1 aromatic carbocycles. The van der Waals surface area contributed by atoms with E-state index in [2.05, 4.69) is 33.7 Å². The van der Waals surface area contributed by atoms with Crippen molar-refractivity contribution in [1.29, 1.82) is 0 Å². The van der Waals surface area contributed by atoms with Crippen LogP contribution in [0.25, 0.3) is 11.0 Å². The summed E-state index contributed by atoms with van der Waals surface area (Å²) in [6, 6.07) is 9.51. The first kappa shape index (κ1) is 21.0. The lowest BCUT2D eigenvalue weighted by Gasteiger charge is -2.11. The minimum absolute atomic E-state index is 0.120. The van der Waals surface area contributed by atoms with E-state index in [0.29, 0.717) is 18.0 Å². The van der Waals surface area contributed by atoms with Gasteiger partial charge in [-0.1, -0.05) is 17.8 Å². The number of aromatic nitrogens is 3. The van der Waals surface area contributed by atoms with E-state index in [-0.39, 0.29) is 11.7 Å². The van der Waals surface area contributed by atoms with E-state index < -0.39 is 0 Å². The number of nitrogens with one attached hydrogen (secondary N) is 1. The van der Waals surface area contributed by atoms with Crippen LogP contribution in [0.15, 0.2) is 52.4 Å². The summed E-state index contributed by atoms with van der Waals surface area (Å²) >= 11 is 1.40. The van der Waals surface area contributed by atoms with Gasteiger partial charge in [-0.2, -0.15) is 0 Å². The number of benzene rings is 1. The highest BCUT2D eigenvalue weighted by molar-refractivity contribution is 8.00. The van der Waals surface area contributed by atoms with Crippen molar-refractivity contribution in [1.82, 2.24) is 14.5 Å². The SMILES string of the molecule is COc1ccc(C)cc1NC(=O)CSc1ncnc2c1c(C)c(C)n2Cc1ccco1. The number of thioether (sulfide) groups is 1. The van der Waals surface area contributed by atoms with E-state index in [1.54, 1.807) is 19.7 Å². The number of anilines is 1. The molecule has 8 heteroatoms. The Morgan fingerprint density at radius 3 is 2.81 bits per heavy atom. The van der Waals surface area contributed by atoms with Crippen molar-refractivity contribution in [2.45, 2.75) is 32.3 Å². The number of ether oxygens (including phenoxy) is 1. The lowest BCUT2D eigenvalue weighted by Crippen LogP contribution is -2.15. The van der Waals surface area contributed by atoms with Gasteiger partial charge in [0.15, 0.2) is 0 Å². The van der Waals surface area contributed by atoms with Crippen LogP contribution in [0, 0.1) is 20.8 Å². The largest absolute Gasteiger partial charge is 0.495 e. The number of fused-ring (bicyclic) bond motifs is 1. The normalized spacial score (nSPS) is 11.1. The zero-order chi connectivity index (χ0) is 22.0. The molecule has 4 rings (SSSR count). The van der Waals surface area contributed by atoms with Gasteiger partial charge in [-0.3, -0.25) is 4.79 Å². The van der Waals surface area contributed by atoms with Gasteiger partial charge >= 0.3 is 0 Å². The monoisotopic (exact) mass is 436 g/mol. The Hall–Kier alpha value is -3.26. The van der Waals surface area contributed by atoms with Crippen molar-refractivity contribution in [3.63, 3.8) is 0 Å². The van der Waals surface area contributed by atoms with Crippen LogP contribution in [0.1, 0.15) is 22.6 Å². The average molecular weight is 437 g/mol. The minimum Gasteiger partial charge on any atom is -0.495 e. The Kier molecular flexibility index (Phi) is 5.99. The molecule has 0 unspecified atom stereocenters. The van der Waals surface area contributed by atoms with E-state index in [9.17, 15) is 4.79 Å². The molecular formula is C23H24N4O3S. The zero-order valence-corrected chi connectivity index (χ0v) is 18.7. The van der Waals surface area contributed by atoms with Gasteiger partial charge in [0.2, 0.25) is 5.91 Å². The van der Waals surface area contributed by atoms with Crippen molar-refractivity contribution in [2.24, 2.45) is 0 Å². The summed E-state index contributed by atoms with van der Waals surface area (Å²) in [4.78, 5) is 21.6. The maximum Gasteiger partial charge on any atom is 0.234 e. The van der Waals surface area contributed by atoms with Gasteiger partial charge in [0.05, 0.1) is 36.7 Å². The number of furan rings is 1. The molecule has 31 heavy (non-hydrogen) atoms. The topological polar surface area (TPSA) is 82.2 Å². The highest BCUT2D eigenvalue weighted by Crippen LogP contribution is 2.32. The summed E-state index contributed by atoms with van der Waals surface area (Å²) in [7, 11) is 1.59. The number of amides is 1. The summed E-state index contributed by atoms with van der Waals surface area (Å²) in [6.45, 7) is 6.68. The molecule has 4 aromatic rings. The summed E-state index contributed by atoms with van der Waals surface area (Å²) in [6.07, 6.45) is 3.21. The molecule has 7 nitrogen and oxygen atoms in total. The van der Waals surface area contributed by atoms with Gasteiger partial charge in [-0.05, 0) is 56.2 Å². The lowest BCUT2D eigenvalue weighted by molar-refractivity contribution is -0.113. The first-order chi connectivity index (χ1) is 15.0. The molecule has 0 saturated heterocycles. The molecular weight excluding hydrogens is 412 g/mol. The van der Waals surface area contributed by atoms with Gasteiger partial charge in [-0.15, -0.1) is 0 Å². The fraction of sp³-hybridized carbons (Fsp3) is 0.261. The van der Waals surface area contributed by atoms with E-state index in [4.69, 9.17) is 9.15 Å². The number of hydrogen-bond acceptors (Lipinski definition) is 6. The molecule has 3 aromatic heterocycles. The predicted molar refractivity (Wildman–Crippen MR) is 122 cm³/mol. The number of carbonyl (C=O) groups is 1. The third-order valence-electron chi connectivity index (χ3n) is 5.23. The quantitative estimate of drug-likeness (QED) is 0.333. The lowest BCUT2D eigenvalue weighted by atomic mass is 10.2. The average Bonchev–Trinajstić information content (AvgIpc) is 3.36. The second-order valence-corrected chi connectivity index (χ2v) is 8.26. The molecule has 0 bridgehead atoms. The number of carbonyl (C=O) groups excluding carboxylic acids is 1. The van der Waals surface area contributed by atoms with Gasteiger partial charge in [0.1, 0.15) is 28.5 Å². The molecule has 0 aliphatic carbocycles. The Morgan fingerprint density at radius 2 is 2.06 bits per heavy atom. The molecule has 1 amide bonds. The highest BCUT2D eigenvalue weighted by Gasteiger charge is 2.18. The predicted octanol–water partition coefficient (Wildman–Crippen LogP) is 4.74. The maximum absolute atomic E-state index is 12.6. The second-order valence-electron chi connectivity index (χ2n) is 7.29. The van der Waals surface area contributed by atoms with Crippen molar-refractivity contribution in [3.8, 4) is 5.75 Å². The van der Waals surface area contributed by atoms with Gasteiger partial charge in [0, 0.05) is 5.69 Å². The molecule has 0 saturated carbocycles. The van der Waals surface area contributed by atoms with Crippen LogP contribution >= 0.6 is 11.8 Å². The minimum atomic E-state index is -0.120. The fourth-order valence-electron chi connectivity index (χ4n) is 3.54. The van der Waals surface area contributed by atoms with Crippen LogP contribution in [-0.4, -0.2) is 33.3 Å². The number of rotatable bonds is 7. The Labute approximate surface area is 184 Å². The molecule has 0 spiro atoms. The summed E-state index contributed by atoms with van der Waals surface area (Å²) in [5.41, 5.74) is 4.75. The summed E-state index contributed by atoms with van der Waals surface area (Å²) in [5.74, 6) is 1.60. The van der Waals surface area contributed by atoms with E-state index in [1.165, 1.54) is 11.8 Å². The Morgan fingerprint density at radius 1 is 1.23 bits per heavy atom. The van der Waals surface area contributed by atoms with Crippen LogP contribution in [-0.2, 0) is 11.3 Å². The summed E-state index contributed by atoms with van der Waals surface area (Å²) in [5, 5.41) is 4.69. The number of methoxy groups -OCH3 is 1. The maximum atomic E-state index is 12.6. The van der Waals surface area contributed by atoms with E-state index in [0.717, 1.165) is 38.6 Å². The van der Waals surface area contributed by atoms with E-state index in [1.807, 2.05) is 37.3 Å². The molecule has 0 radical (unpaired) electrons. The molecule has 1 N–H and O–H groups in total. The first-order valence-electron chi connectivity index (χ1n) is 9.88. The molecule has 160 valence electrons. The Balaban J connectivity index is 1.55. The van der Waals surface area contributed by atoms with Crippen molar-refractivity contribution in [2.75, 3.05) is 18.2 Å². The third-order valence-corrected chi connectivity index (χ3v) is 6.22. The van der Waals surface area contributed by atoms with E-state index >= 15 is 0 Å². The zero-order valence-electron chi connectivity index (χ0n) is 17.9. The van der Waals surface area contributed by atoms with Gasteiger partial charge < -0.3 is 19.0 Å². The van der Waals surface area contributed by atoms with Crippen LogP contribution in [0.5, 0.6) is 5.75 Å². The van der Waals surface area contributed by atoms with Crippen LogP contribution in [0.3, 0.4) is 0 Å². The highest BCUT2D eigenvalue weighted by atomic mass is 32.2. The van der Waals surface area contributed by atoms with Gasteiger partial charge in [-0.25, -0.2) is 9.97 Å². The third kappa shape index (κ3) is 4.29. The second kappa shape index (κ2) is 8.85. The van der Waals surface area contributed by atoms with Crippen molar-refractivity contribution < 1.29 is 13.9 Å². The van der Waals surface area contributed by atoms with Crippen LogP contribution < -0.4 is 10.1 Å². The molecule has 0 aliphatic heterocycles. The molecule has 3 heterocycles. The molecule has 0 atom stereocenters. The number of hydrogen-bond donors (Lipinski definition) is 1. The standard InChI is InChI=1S/C23H24N4O3S/c1-14-7-8-19(29-4)18(10-14)26-20(28)12-31-23-21-15(2)16(3)27(22(21)24-13-25-23)11-17-6-5-9-30-17/h5-10,13H,11-12H2,1-4H3,(H,26,28). The smallest absolute Gasteiger partial charge is 0.234 e. The Bertz CT molecular complexity index is 1230. The van der Waals surface area contributed by atoms with Crippen LogP contribution in [0.4, 0.5) is 5.69 Å². The fourth-order valence-corrected chi connectivity index (χ4v) is 4.39. The summed E-state index contributed by atoms with van der Waals surface area (Å²) < 4.78 is 13.0. The van der Waals surface area contributed by atoms with Gasteiger partial charge in [0.25, 0.3) is 0 Å². The molecule has 0 aliphatic rings. The van der Waals surface area contributed by atoms with Crippen molar-refractivity contribution >= 4 is 34.4 Å². The number of nitrogens with zero attached hydrogens (tertiary/aromatic N) is 3. The van der Waals surface area contributed by atoms with Crippen molar-refractivity contribution in [3.05, 3.63) is 65.5 Å². The first-order valence-corrected chi connectivity index (χ1v) is 10.9.